The average Bonchev–Trinajstić information content (AvgIpc) is 2.83. The number of aliphatic hydroxyl groups is 1. The zero-order valence-corrected chi connectivity index (χ0v) is 11.6. The Labute approximate surface area is 110 Å². The second-order valence-electron chi connectivity index (χ2n) is 4.57. The summed E-state index contributed by atoms with van der Waals surface area (Å²) in [7, 11) is 1.58. The minimum Gasteiger partial charge on any atom is -0.388 e. The lowest BCUT2D eigenvalue weighted by Gasteiger charge is -2.19. The number of aryl methyl sites for hydroxylation is 2. The van der Waals surface area contributed by atoms with Crippen LogP contribution in [0, 0.1) is 13.8 Å². The van der Waals surface area contributed by atoms with Crippen molar-refractivity contribution in [3.8, 4) is 0 Å². The lowest BCUT2D eigenvalue weighted by Crippen LogP contribution is -2.43. The van der Waals surface area contributed by atoms with E-state index in [0.717, 1.165) is 23.5 Å². The van der Waals surface area contributed by atoms with Gasteiger partial charge in [0, 0.05) is 7.11 Å². The van der Waals surface area contributed by atoms with E-state index in [1.165, 1.54) is 11.3 Å². The molecule has 1 heterocycles. The fraction of sp³-hybridized carbons (Fsp3) is 0.667. The van der Waals surface area contributed by atoms with Gasteiger partial charge in [0.1, 0.15) is 11.0 Å². The van der Waals surface area contributed by atoms with Crippen LogP contribution in [0.4, 0.5) is 0 Å². The summed E-state index contributed by atoms with van der Waals surface area (Å²) in [5.74, 6) is -0.154. The van der Waals surface area contributed by atoms with E-state index in [1.54, 1.807) is 7.11 Å². The van der Waals surface area contributed by atoms with Crippen LogP contribution in [-0.4, -0.2) is 41.4 Å². The number of thiazole rings is 1. The zero-order chi connectivity index (χ0) is 13.3. The zero-order valence-electron chi connectivity index (χ0n) is 10.8. The third kappa shape index (κ3) is 2.55. The number of rotatable bonds is 3. The first kappa shape index (κ1) is 13.5. The molecule has 6 heteroatoms. The van der Waals surface area contributed by atoms with Crippen LogP contribution in [-0.2, 0) is 4.74 Å². The molecule has 1 aromatic heterocycles. The molecular formula is C12H18N2O3S. The summed E-state index contributed by atoms with van der Waals surface area (Å²) < 4.78 is 5.16. The Morgan fingerprint density at radius 3 is 2.72 bits per heavy atom. The van der Waals surface area contributed by atoms with Gasteiger partial charge in [-0.05, 0) is 26.7 Å². The van der Waals surface area contributed by atoms with Gasteiger partial charge in [0.2, 0.25) is 0 Å². The van der Waals surface area contributed by atoms with Crippen LogP contribution < -0.4 is 5.32 Å². The SMILES string of the molecule is CO[C@@H]1CC[C@@H](NC(=O)c2sc(C)nc2C)[C@H]1O. The predicted octanol–water partition coefficient (Wildman–Crippen LogP) is 1.03. The Morgan fingerprint density at radius 2 is 2.22 bits per heavy atom. The number of ether oxygens (including phenoxy) is 1. The summed E-state index contributed by atoms with van der Waals surface area (Å²) in [6, 6.07) is -0.232. The summed E-state index contributed by atoms with van der Waals surface area (Å²) in [6.07, 6.45) is 0.693. The minimum absolute atomic E-state index is 0.154. The highest BCUT2D eigenvalue weighted by atomic mass is 32.1. The van der Waals surface area contributed by atoms with E-state index in [1.807, 2.05) is 13.8 Å². The van der Waals surface area contributed by atoms with E-state index >= 15 is 0 Å². The molecule has 1 saturated carbocycles. The van der Waals surface area contributed by atoms with Gasteiger partial charge in [0.25, 0.3) is 5.91 Å². The van der Waals surface area contributed by atoms with Crippen molar-refractivity contribution < 1.29 is 14.6 Å². The molecule has 0 saturated heterocycles. The Hall–Kier alpha value is -0.980. The number of nitrogens with zero attached hydrogens (tertiary/aromatic N) is 1. The summed E-state index contributed by atoms with van der Waals surface area (Å²) in [4.78, 5) is 16.9. The lowest BCUT2D eigenvalue weighted by molar-refractivity contribution is 0.000225. The Bertz CT molecular complexity index is 447. The molecule has 1 aliphatic carbocycles. The smallest absolute Gasteiger partial charge is 0.263 e. The quantitative estimate of drug-likeness (QED) is 0.860. The number of aliphatic hydroxyl groups excluding tert-OH is 1. The van der Waals surface area contributed by atoms with Crippen molar-refractivity contribution in [1.29, 1.82) is 0 Å². The van der Waals surface area contributed by atoms with Gasteiger partial charge in [-0.1, -0.05) is 0 Å². The highest BCUT2D eigenvalue weighted by molar-refractivity contribution is 7.13. The molecule has 3 atom stereocenters. The lowest BCUT2D eigenvalue weighted by atomic mass is 10.2. The summed E-state index contributed by atoms with van der Waals surface area (Å²) in [6.45, 7) is 3.70. The normalized spacial score (nSPS) is 27.4. The number of hydrogen-bond donors (Lipinski definition) is 2. The number of amides is 1. The first-order valence-electron chi connectivity index (χ1n) is 5.98. The second-order valence-corrected chi connectivity index (χ2v) is 5.77. The predicted molar refractivity (Wildman–Crippen MR) is 68.9 cm³/mol. The van der Waals surface area contributed by atoms with E-state index < -0.39 is 6.10 Å². The van der Waals surface area contributed by atoms with Gasteiger partial charge in [-0.2, -0.15) is 0 Å². The van der Waals surface area contributed by atoms with E-state index in [2.05, 4.69) is 10.3 Å². The highest BCUT2D eigenvalue weighted by Crippen LogP contribution is 2.24. The maximum Gasteiger partial charge on any atom is 0.263 e. The molecule has 1 amide bonds. The van der Waals surface area contributed by atoms with Gasteiger partial charge < -0.3 is 15.2 Å². The molecule has 0 bridgehead atoms. The van der Waals surface area contributed by atoms with Gasteiger partial charge in [0.15, 0.2) is 0 Å². The van der Waals surface area contributed by atoms with Crippen LogP contribution in [0.3, 0.4) is 0 Å². The minimum atomic E-state index is -0.631. The average molecular weight is 270 g/mol. The van der Waals surface area contributed by atoms with Crippen LogP contribution in [0.1, 0.15) is 33.2 Å². The molecular weight excluding hydrogens is 252 g/mol. The summed E-state index contributed by atoms with van der Waals surface area (Å²) in [5.41, 5.74) is 0.741. The Kier molecular flexibility index (Phi) is 3.99. The third-order valence-corrected chi connectivity index (χ3v) is 4.36. The number of aromatic nitrogens is 1. The monoisotopic (exact) mass is 270 g/mol. The maximum atomic E-state index is 12.1. The first-order chi connectivity index (χ1) is 8.52. The number of methoxy groups -OCH3 is 1. The van der Waals surface area contributed by atoms with E-state index in [4.69, 9.17) is 4.74 Å². The Balaban J connectivity index is 2.02. The topological polar surface area (TPSA) is 71.5 Å². The number of carbonyl (C=O) groups excluding carboxylic acids is 1. The van der Waals surface area contributed by atoms with Gasteiger partial charge in [-0.15, -0.1) is 11.3 Å². The molecule has 0 unspecified atom stereocenters. The van der Waals surface area contributed by atoms with E-state index in [9.17, 15) is 9.90 Å². The molecule has 0 aromatic carbocycles. The molecule has 2 N–H and O–H groups in total. The fourth-order valence-electron chi connectivity index (χ4n) is 2.34. The van der Waals surface area contributed by atoms with Crippen molar-refractivity contribution in [2.24, 2.45) is 0 Å². The number of hydrogen-bond acceptors (Lipinski definition) is 5. The molecule has 5 nitrogen and oxygen atoms in total. The third-order valence-electron chi connectivity index (χ3n) is 3.28. The summed E-state index contributed by atoms with van der Waals surface area (Å²) in [5, 5.41) is 13.7. The second kappa shape index (κ2) is 5.34. The molecule has 1 aliphatic rings. The standard InChI is InChI=1S/C12H18N2O3S/c1-6-11(18-7(2)13-6)12(16)14-8-4-5-9(17-3)10(8)15/h8-10,15H,4-5H2,1-3H3,(H,14,16)/t8-,9-,10-/m1/s1. The maximum absolute atomic E-state index is 12.1. The summed E-state index contributed by atoms with van der Waals surface area (Å²) >= 11 is 1.38. The molecule has 1 aromatic rings. The molecule has 1 fully saturated rings. The largest absolute Gasteiger partial charge is 0.388 e. The van der Waals surface area contributed by atoms with Crippen molar-refractivity contribution in [3.63, 3.8) is 0 Å². The van der Waals surface area contributed by atoms with Crippen LogP contribution in [0.2, 0.25) is 0 Å². The van der Waals surface area contributed by atoms with E-state index in [-0.39, 0.29) is 18.1 Å². The molecule has 18 heavy (non-hydrogen) atoms. The first-order valence-corrected chi connectivity index (χ1v) is 6.80. The highest BCUT2D eigenvalue weighted by Gasteiger charge is 2.36. The van der Waals surface area contributed by atoms with Crippen molar-refractivity contribution in [2.45, 2.75) is 44.9 Å². The van der Waals surface area contributed by atoms with Crippen molar-refractivity contribution >= 4 is 17.2 Å². The number of nitrogens with one attached hydrogen (secondary N) is 1. The van der Waals surface area contributed by atoms with Crippen molar-refractivity contribution in [3.05, 3.63) is 15.6 Å². The van der Waals surface area contributed by atoms with Gasteiger partial charge in [-0.25, -0.2) is 4.98 Å². The van der Waals surface area contributed by atoms with Gasteiger partial charge in [-0.3, -0.25) is 4.79 Å². The number of carbonyl (C=O) groups is 1. The molecule has 0 aliphatic heterocycles. The van der Waals surface area contributed by atoms with Crippen molar-refractivity contribution in [2.75, 3.05) is 7.11 Å². The molecule has 100 valence electrons. The van der Waals surface area contributed by atoms with Crippen LogP contribution in [0.15, 0.2) is 0 Å². The van der Waals surface area contributed by atoms with Crippen LogP contribution >= 0.6 is 11.3 Å². The van der Waals surface area contributed by atoms with Gasteiger partial charge in [0.05, 0.1) is 22.8 Å². The van der Waals surface area contributed by atoms with Crippen LogP contribution in [0.25, 0.3) is 0 Å². The molecule has 0 spiro atoms. The van der Waals surface area contributed by atoms with Crippen molar-refractivity contribution in [1.82, 2.24) is 10.3 Å². The molecule has 0 radical (unpaired) electrons. The van der Waals surface area contributed by atoms with Gasteiger partial charge >= 0.3 is 0 Å². The Morgan fingerprint density at radius 1 is 1.50 bits per heavy atom. The molecule has 2 rings (SSSR count). The van der Waals surface area contributed by atoms with E-state index in [0.29, 0.717) is 4.88 Å². The van der Waals surface area contributed by atoms with Crippen LogP contribution in [0.5, 0.6) is 0 Å². The fourth-order valence-corrected chi connectivity index (χ4v) is 3.16.